The zero-order chi connectivity index (χ0) is 26.8. The third-order valence-electron chi connectivity index (χ3n) is 6.77. The second kappa shape index (κ2) is 11.3. The number of oxazole rings is 1. The van der Waals surface area contributed by atoms with Crippen LogP contribution >= 0.6 is 22.9 Å². The molecule has 2 aliphatic rings. The van der Waals surface area contributed by atoms with Crippen LogP contribution in [0.3, 0.4) is 0 Å². The smallest absolute Gasteiger partial charge is 0.338 e. The molecule has 1 atom stereocenters. The molecule has 5 rings (SSSR count). The molecule has 3 aromatic rings. The number of nitrogens with one attached hydrogen (secondary N) is 1. The highest BCUT2D eigenvalue weighted by Gasteiger charge is 2.38. The Morgan fingerprint density at radius 1 is 1.29 bits per heavy atom. The summed E-state index contributed by atoms with van der Waals surface area (Å²) in [7, 11) is 0. The Hall–Kier alpha value is -3.12. The maximum Gasteiger partial charge on any atom is 0.338 e. The molecule has 200 valence electrons. The van der Waals surface area contributed by atoms with Crippen molar-refractivity contribution >= 4 is 34.7 Å². The highest BCUT2D eigenvalue weighted by atomic mass is 35.5. The van der Waals surface area contributed by atoms with Gasteiger partial charge in [-0.15, -0.1) is 11.3 Å². The molecule has 9 nitrogen and oxygen atoms in total. The maximum atomic E-state index is 14.5. The number of aliphatic hydroxyl groups is 2. The van der Waals surface area contributed by atoms with E-state index in [0.717, 1.165) is 0 Å². The van der Waals surface area contributed by atoms with E-state index in [1.807, 2.05) is 5.38 Å². The van der Waals surface area contributed by atoms with Gasteiger partial charge in [0.2, 0.25) is 0 Å². The highest BCUT2D eigenvalue weighted by Crippen LogP contribution is 2.44. The van der Waals surface area contributed by atoms with Crippen molar-refractivity contribution in [3.05, 3.63) is 80.3 Å². The molecule has 0 radical (unpaired) electrons. The Labute approximate surface area is 227 Å². The van der Waals surface area contributed by atoms with E-state index in [0.29, 0.717) is 59.3 Å². The fourth-order valence-corrected chi connectivity index (χ4v) is 5.78. The van der Waals surface area contributed by atoms with Crippen molar-refractivity contribution in [3.63, 3.8) is 0 Å². The Morgan fingerprint density at radius 3 is 2.71 bits per heavy atom. The Bertz CT molecular complexity index is 1370. The van der Waals surface area contributed by atoms with E-state index in [4.69, 9.17) is 25.7 Å². The molecule has 1 saturated carbocycles. The summed E-state index contributed by atoms with van der Waals surface area (Å²) in [4.78, 5) is 26.7. The van der Waals surface area contributed by atoms with Crippen molar-refractivity contribution in [2.45, 2.75) is 50.9 Å². The molecule has 38 heavy (non-hydrogen) atoms. The van der Waals surface area contributed by atoms with Crippen LogP contribution in [0.25, 0.3) is 0 Å². The first-order chi connectivity index (χ1) is 18.4. The maximum absolute atomic E-state index is 14.5. The number of aliphatic hydroxyl groups excluding tert-OH is 1. The number of amidine groups is 1. The number of esters is 1. The van der Waals surface area contributed by atoms with Gasteiger partial charge in [0.05, 0.1) is 17.2 Å². The first kappa shape index (κ1) is 26.5. The van der Waals surface area contributed by atoms with Crippen LogP contribution in [0.2, 0.25) is 5.02 Å². The molecule has 1 unspecified atom stereocenters. The lowest BCUT2D eigenvalue weighted by atomic mass is 9.78. The van der Waals surface area contributed by atoms with E-state index in [-0.39, 0.29) is 29.2 Å². The molecule has 2 aromatic heterocycles. The van der Waals surface area contributed by atoms with Gasteiger partial charge in [-0.1, -0.05) is 23.7 Å². The lowest BCUT2D eigenvalue weighted by Crippen LogP contribution is -2.38. The standard InChI is InChI=1S/C26H26ClFN4O5S/c1-2-36-26(35)18-20(13-6-8-14(9-7-13)23-30-17(12-37-23)25(33)34)31-22(24-29-10-11-38-24)32-21(18)15-4-3-5-16(28)19(15)27/h3-5,10-14,21,25,33-34H,2,6-9H2,1H3,(H,31,32). The summed E-state index contributed by atoms with van der Waals surface area (Å²) in [5.41, 5.74) is 1.39. The molecule has 0 spiro atoms. The van der Waals surface area contributed by atoms with Crippen molar-refractivity contribution in [1.29, 1.82) is 0 Å². The molecule has 0 amide bonds. The number of hydrogen-bond donors (Lipinski definition) is 3. The normalized spacial score (nSPS) is 21.8. The number of thiazole rings is 1. The van der Waals surface area contributed by atoms with E-state index in [1.165, 1.54) is 23.7 Å². The molecule has 3 heterocycles. The Kier molecular flexibility index (Phi) is 7.89. The number of nitrogens with zero attached hydrogens (tertiary/aromatic N) is 3. The fourth-order valence-electron chi connectivity index (χ4n) is 4.96. The molecular formula is C26H26ClFN4O5S. The second-order valence-corrected chi connectivity index (χ2v) is 10.3. The van der Waals surface area contributed by atoms with E-state index < -0.39 is 24.1 Å². The van der Waals surface area contributed by atoms with Crippen LogP contribution < -0.4 is 5.32 Å². The predicted octanol–water partition coefficient (Wildman–Crippen LogP) is 4.79. The van der Waals surface area contributed by atoms with Gasteiger partial charge >= 0.3 is 5.97 Å². The topological polar surface area (TPSA) is 130 Å². The summed E-state index contributed by atoms with van der Waals surface area (Å²) in [6.07, 6.45) is 3.99. The largest absolute Gasteiger partial charge is 0.463 e. The SMILES string of the molecule is CCOC(=O)C1=C(C2CCC(c3nc(C(O)O)co3)CC2)NC(c2nccs2)=NC1c1cccc(F)c1Cl. The van der Waals surface area contributed by atoms with Gasteiger partial charge < -0.3 is 24.7 Å². The van der Waals surface area contributed by atoms with Crippen molar-refractivity contribution in [2.24, 2.45) is 10.9 Å². The van der Waals surface area contributed by atoms with Crippen LogP contribution in [0, 0.1) is 11.7 Å². The lowest BCUT2D eigenvalue weighted by molar-refractivity contribution is -0.139. The predicted molar refractivity (Wildman–Crippen MR) is 138 cm³/mol. The molecule has 3 N–H and O–H groups in total. The number of hydrogen-bond acceptors (Lipinski definition) is 10. The van der Waals surface area contributed by atoms with Crippen molar-refractivity contribution in [1.82, 2.24) is 15.3 Å². The van der Waals surface area contributed by atoms with E-state index in [9.17, 15) is 19.4 Å². The average molecular weight is 561 g/mol. The van der Waals surface area contributed by atoms with Gasteiger partial charge in [0.15, 0.2) is 23.0 Å². The first-order valence-electron chi connectivity index (χ1n) is 12.3. The molecule has 1 aliphatic carbocycles. The van der Waals surface area contributed by atoms with Gasteiger partial charge in [-0.2, -0.15) is 0 Å². The first-order valence-corrected chi connectivity index (χ1v) is 13.5. The summed E-state index contributed by atoms with van der Waals surface area (Å²) in [6, 6.07) is 3.58. The van der Waals surface area contributed by atoms with E-state index in [2.05, 4.69) is 15.3 Å². The third kappa shape index (κ3) is 5.24. The van der Waals surface area contributed by atoms with Crippen LogP contribution in [-0.2, 0) is 9.53 Å². The molecule has 1 aromatic carbocycles. The van der Waals surface area contributed by atoms with Crippen LogP contribution in [0.5, 0.6) is 0 Å². The molecule has 12 heteroatoms. The minimum Gasteiger partial charge on any atom is -0.463 e. The van der Waals surface area contributed by atoms with Gasteiger partial charge in [-0.25, -0.2) is 19.2 Å². The number of carbonyl (C=O) groups is 1. The fraction of sp³-hybridized carbons (Fsp3) is 0.385. The summed E-state index contributed by atoms with van der Waals surface area (Å²) < 4.78 is 25.4. The number of rotatable bonds is 7. The molecule has 1 aliphatic heterocycles. The monoisotopic (exact) mass is 560 g/mol. The summed E-state index contributed by atoms with van der Waals surface area (Å²) in [5.74, 6) is -0.281. The van der Waals surface area contributed by atoms with E-state index in [1.54, 1.807) is 25.3 Å². The minimum atomic E-state index is -1.69. The Morgan fingerprint density at radius 2 is 2.05 bits per heavy atom. The molecule has 0 saturated heterocycles. The number of aliphatic imine (C=N–C) groups is 1. The van der Waals surface area contributed by atoms with Gasteiger partial charge in [0, 0.05) is 28.8 Å². The van der Waals surface area contributed by atoms with Crippen molar-refractivity contribution < 1.29 is 28.6 Å². The van der Waals surface area contributed by atoms with Gasteiger partial charge in [0.1, 0.15) is 23.8 Å². The van der Waals surface area contributed by atoms with Crippen LogP contribution in [0.15, 0.2) is 56.7 Å². The van der Waals surface area contributed by atoms with Gasteiger partial charge in [-0.05, 0) is 44.6 Å². The quantitative estimate of drug-likeness (QED) is 0.278. The van der Waals surface area contributed by atoms with Crippen molar-refractivity contribution in [2.75, 3.05) is 6.61 Å². The minimum absolute atomic E-state index is 0.00505. The molecule has 0 bridgehead atoms. The number of benzene rings is 1. The summed E-state index contributed by atoms with van der Waals surface area (Å²) in [5, 5.41) is 24.4. The number of ether oxygens (including phenoxy) is 1. The number of aromatic nitrogens is 2. The van der Waals surface area contributed by atoms with Crippen LogP contribution in [-0.4, -0.2) is 38.6 Å². The molecular weight excluding hydrogens is 535 g/mol. The highest BCUT2D eigenvalue weighted by molar-refractivity contribution is 7.11. The van der Waals surface area contributed by atoms with Crippen LogP contribution in [0.4, 0.5) is 4.39 Å². The second-order valence-electron chi connectivity index (χ2n) is 9.07. The lowest BCUT2D eigenvalue weighted by Gasteiger charge is -2.34. The van der Waals surface area contributed by atoms with Gasteiger partial charge in [0.25, 0.3) is 0 Å². The summed E-state index contributed by atoms with van der Waals surface area (Å²) >= 11 is 7.78. The molecule has 1 fully saturated rings. The van der Waals surface area contributed by atoms with E-state index >= 15 is 0 Å². The van der Waals surface area contributed by atoms with Crippen molar-refractivity contribution in [3.8, 4) is 0 Å². The van der Waals surface area contributed by atoms with Crippen LogP contribution in [0.1, 0.15) is 73.0 Å². The zero-order valence-electron chi connectivity index (χ0n) is 20.4. The Balaban J connectivity index is 1.52. The average Bonchev–Trinajstić information content (AvgIpc) is 3.63. The number of carbonyl (C=O) groups excluding carboxylic acids is 1. The zero-order valence-corrected chi connectivity index (χ0v) is 22.0. The number of allylic oxidation sites excluding steroid dienone is 1. The third-order valence-corrected chi connectivity index (χ3v) is 7.95. The van der Waals surface area contributed by atoms with Gasteiger partial charge in [-0.3, -0.25) is 4.99 Å². The number of halogens is 2. The summed E-state index contributed by atoms with van der Waals surface area (Å²) in [6.45, 7) is 1.89.